The summed E-state index contributed by atoms with van der Waals surface area (Å²) < 4.78 is 20.6. The Bertz CT molecular complexity index is 4060. The van der Waals surface area contributed by atoms with Gasteiger partial charge in [0, 0.05) is 170 Å². The van der Waals surface area contributed by atoms with Gasteiger partial charge in [0.1, 0.15) is 51.3 Å². The molecule has 4 fully saturated rings. The van der Waals surface area contributed by atoms with E-state index in [1.54, 1.807) is 0 Å². The minimum atomic E-state index is -0.191. The number of ether oxygens (including phenoxy) is 3. The Kier molecular flexibility index (Phi) is 40.2. The topological polar surface area (TPSA) is 114 Å². The molecule has 0 radical (unpaired) electrons. The highest BCUT2D eigenvalue weighted by Crippen LogP contribution is 2.49. The first kappa shape index (κ1) is 100. The molecule has 3 aromatic carbocycles. The number of phenolic OH excluding ortho intramolecular Hbond substituents is 3. The number of fused-ring (bicyclic) bond motifs is 3. The second-order valence-electron chi connectivity index (χ2n) is 40.0. The molecule has 14 nitrogen and oxygen atoms in total. The van der Waals surface area contributed by atoms with Gasteiger partial charge in [-0.15, -0.1) is 0 Å². The molecule has 121 heavy (non-hydrogen) atoms. The standard InChI is InChI=1S/C39H64N4O2.2C34H54N2O2/c1-30(2)12-9-13-31(3)14-10-15-32(4)16-11-18-39(6)19-17-34-36(29-43-26-22-41(8)23-27-43)37(44)35(33(5)38(34)45-39)28-42-24-20-40(7)21-25-42;1-25(2)12-9-13-26(3)14-10-15-27(4)16-11-18-34(7)19-17-30-28(5)32(37)31(29(6)33(30)38-34)24-36-22-20-35(8)21-23-36;1-25(2)12-9-13-26(3)14-10-15-27(4)16-11-18-34(7)19-17-30-31(24-36-22-20-35(8)21-23-36)32(37)28(5)29(6)33(30)38-34/h12,14,16,44H,9-11,13,15,17-29H2,1-8H3;2*12,14,16,37H,9-11,13,15,17-24H2,1-8H3/b31-14+,32-16+;2*26-14+,27-16+. The number of likely N-dealkylation sites (N-methyl/N-ethyl adjacent to an activating group) is 4. The lowest BCUT2D eigenvalue weighted by Crippen LogP contribution is -2.44. The lowest BCUT2D eigenvalue weighted by molar-refractivity contribution is 0.0547. The molecular formula is C107H172N8O6. The van der Waals surface area contributed by atoms with Crippen LogP contribution in [-0.2, 0) is 45.4 Å². The van der Waals surface area contributed by atoms with Crippen LogP contribution in [0, 0.1) is 34.6 Å². The van der Waals surface area contributed by atoms with E-state index in [-0.39, 0.29) is 16.8 Å². The molecule has 0 saturated carbocycles. The fourth-order valence-corrected chi connectivity index (χ4v) is 18.5. The van der Waals surface area contributed by atoms with Crippen LogP contribution in [-0.4, -0.2) is 204 Å². The smallest absolute Gasteiger partial charge is 0.127 e. The first-order chi connectivity index (χ1) is 57.4. The Balaban J connectivity index is 0.000000227. The number of allylic oxidation sites excluding steroid dienone is 18. The molecule has 14 heteroatoms. The zero-order chi connectivity index (χ0) is 88.3. The molecule has 0 aliphatic carbocycles. The van der Waals surface area contributed by atoms with Gasteiger partial charge in [-0.1, -0.05) is 105 Å². The molecule has 3 aromatic rings. The van der Waals surface area contributed by atoms with Gasteiger partial charge in [0.2, 0.25) is 0 Å². The highest BCUT2D eigenvalue weighted by Gasteiger charge is 2.40. The summed E-state index contributed by atoms with van der Waals surface area (Å²) in [5.41, 5.74) is 26.0. The summed E-state index contributed by atoms with van der Waals surface area (Å²) in [5, 5.41) is 34.1. The van der Waals surface area contributed by atoms with Crippen molar-refractivity contribution < 1.29 is 29.5 Å². The van der Waals surface area contributed by atoms with Crippen LogP contribution in [0.1, 0.15) is 305 Å². The molecule has 0 bridgehead atoms. The van der Waals surface area contributed by atoms with Gasteiger partial charge in [0.25, 0.3) is 0 Å². The summed E-state index contributed by atoms with van der Waals surface area (Å²) in [6.45, 7) is 64.3. The van der Waals surface area contributed by atoms with Crippen LogP contribution in [0.4, 0.5) is 0 Å². The molecule has 10 rings (SSSR count). The van der Waals surface area contributed by atoms with Crippen molar-refractivity contribution in [3.8, 4) is 34.5 Å². The van der Waals surface area contributed by atoms with E-state index in [1.165, 1.54) is 79.7 Å². The second kappa shape index (κ2) is 48.5. The molecule has 7 heterocycles. The van der Waals surface area contributed by atoms with E-state index in [2.05, 4.69) is 254 Å². The van der Waals surface area contributed by atoms with E-state index in [1.807, 2.05) is 6.92 Å². The zero-order valence-corrected chi connectivity index (χ0v) is 81.5. The maximum Gasteiger partial charge on any atom is 0.127 e. The minimum Gasteiger partial charge on any atom is -0.507 e. The first-order valence-electron chi connectivity index (χ1n) is 47.5. The van der Waals surface area contributed by atoms with Crippen LogP contribution in [0.15, 0.2) is 105 Å². The van der Waals surface area contributed by atoms with Crippen molar-refractivity contribution in [2.24, 2.45) is 0 Å². The quantitative estimate of drug-likeness (QED) is 0.0486. The average Bonchev–Trinajstić information content (AvgIpc) is 0.758. The zero-order valence-electron chi connectivity index (χ0n) is 81.5. The van der Waals surface area contributed by atoms with Crippen molar-refractivity contribution in [2.75, 3.05) is 133 Å². The lowest BCUT2D eigenvalue weighted by atomic mass is 9.84. The number of rotatable bonds is 35. The number of benzene rings is 3. The predicted octanol–water partition coefficient (Wildman–Crippen LogP) is 23.6. The molecule has 3 N–H and O–H groups in total. The fraction of sp³-hybridized carbons (Fsp3) is 0.664. The van der Waals surface area contributed by atoms with Crippen LogP contribution in [0.2, 0.25) is 0 Å². The molecule has 676 valence electrons. The van der Waals surface area contributed by atoms with Crippen LogP contribution in [0.5, 0.6) is 34.5 Å². The molecule has 7 aliphatic rings. The maximum absolute atomic E-state index is 11.8. The number of nitrogens with zero attached hydrogens (tertiary/aromatic N) is 8. The Morgan fingerprint density at radius 1 is 0.281 bits per heavy atom. The normalized spacial score (nSPS) is 21.8. The second-order valence-corrected chi connectivity index (χ2v) is 40.0. The van der Waals surface area contributed by atoms with Gasteiger partial charge >= 0.3 is 0 Å². The summed E-state index contributed by atoms with van der Waals surface area (Å²) in [5.74, 6) is 4.61. The third-order valence-electron chi connectivity index (χ3n) is 27.9. The number of piperazine rings is 4. The van der Waals surface area contributed by atoms with E-state index in [0.717, 1.165) is 339 Å². The van der Waals surface area contributed by atoms with Crippen LogP contribution in [0.25, 0.3) is 0 Å². The van der Waals surface area contributed by atoms with Gasteiger partial charge in [-0.25, -0.2) is 0 Å². The number of hydrogen-bond acceptors (Lipinski definition) is 14. The highest BCUT2D eigenvalue weighted by molar-refractivity contribution is 5.62. The van der Waals surface area contributed by atoms with Crippen molar-refractivity contribution in [1.29, 1.82) is 0 Å². The van der Waals surface area contributed by atoms with E-state index in [4.69, 9.17) is 14.2 Å². The maximum atomic E-state index is 11.8. The number of hydrogen-bond donors (Lipinski definition) is 3. The van der Waals surface area contributed by atoms with Gasteiger partial charge in [-0.3, -0.25) is 19.6 Å². The van der Waals surface area contributed by atoms with Crippen molar-refractivity contribution in [2.45, 2.75) is 336 Å². The molecule has 3 unspecified atom stereocenters. The van der Waals surface area contributed by atoms with E-state index in [0.29, 0.717) is 17.2 Å². The largest absolute Gasteiger partial charge is 0.507 e. The monoisotopic (exact) mass is 1670 g/mol. The van der Waals surface area contributed by atoms with Crippen LogP contribution >= 0.6 is 0 Å². The average molecular weight is 1670 g/mol. The third-order valence-corrected chi connectivity index (χ3v) is 27.9. The summed E-state index contributed by atoms with van der Waals surface area (Å²) in [4.78, 5) is 19.5. The van der Waals surface area contributed by atoms with Crippen LogP contribution in [0.3, 0.4) is 0 Å². The van der Waals surface area contributed by atoms with Gasteiger partial charge in [-0.05, 0) is 349 Å². The Labute approximate surface area is 739 Å². The number of aromatic hydroxyl groups is 3. The summed E-state index contributed by atoms with van der Waals surface area (Å²) >= 11 is 0. The fourth-order valence-electron chi connectivity index (χ4n) is 18.5. The van der Waals surface area contributed by atoms with Gasteiger partial charge in [0.15, 0.2) is 0 Å². The molecule has 3 atom stereocenters. The van der Waals surface area contributed by atoms with Crippen molar-refractivity contribution in [1.82, 2.24) is 39.2 Å². The molecule has 0 amide bonds. The van der Waals surface area contributed by atoms with Gasteiger partial charge in [0.05, 0.1) is 0 Å². The molecular weight excluding hydrogens is 1490 g/mol. The van der Waals surface area contributed by atoms with Gasteiger partial charge < -0.3 is 49.1 Å². The molecule has 7 aliphatic heterocycles. The van der Waals surface area contributed by atoms with E-state index >= 15 is 0 Å². The predicted molar refractivity (Wildman–Crippen MR) is 515 cm³/mol. The molecule has 0 spiro atoms. The summed E-state index contributed by atoms with van der Waals surface area (Å²) in [6.07, 6.45) is 47.4. The van der Waals surface area contributed by atoms with Crippen LogP contribution < -0.4 is 14.2 Å². The van der Waals surface area contributed by atoms with Crippen molar-refractivity contribution in [3.05, 3.63) is 172 Å². The lowest BCUT2D eigenvalue weighted by Gasteiger charge is -2.40. The SMILES string of the molecule is CC(C)=CCC/C(C)=C/CC/C(C)=C/CCC1(C)CCc2c(C)c(O)c(CN3CCN(C)CC3)c(C)c2O1.CC(C)=CCC/C(C)=C/CC/C(C)=C/CCC1(C)CCc2c(CN3CCN(C)CC3)c(O)c(C)c(C)c2O1.CC(C)=CCC/C(C)=C/CC/C(C)=C/CCC1(C)CCc2c(CN3CCN(C)CC3)c(O)c(CN3CCN(C)CC3)c(C)c2O1. The molecule has 4 saturated heterocycles. The van der Waals surface area contributed by atoms with E-state index < -0.39 is 0 Å². The minimum absolute atomic E-state index is 0.162. The summed E-state index contributed by atoms with van der Waals surface area (Å²) in [7, 11) is 8.77. The Morgan fingerprint density at radius 3 is 0.810 bits per heavy atom. The number of phenols is 3. The highest BCUT2D eigenvalue weighted by atomic mass is 16.5. The molecule has 0 aromatic heterocycles. The van der Waals surface area contributed by atoms with E-state index in [9.17, 15) is 15.3 Å². The Morgan fingerprint density at radius 2 is 0.512 bits per heavy atom. The van der Waals surface area contributed by atoms with Crippen molar-refractivity contribution >= 4 is 0 Å². The first-order valence-corrected chi connectivity index (χ1v) is 47.5. The Hall–Kier alpha value is -6.20. The van der Waals surface area contributed by atoms with Crippen molar-refractivity contribution in [3.63, 3.8) is 0 Å². The third kappa shape index (κ3) is 31.7. The summed E-state index contributed by atoms with van der Waals surface area (Å²) in [6, 6.07) is 0. The van der Waals surface area contributed by atoms with Gasteiger partial charge in [-0.2, -0.15) is 0 Å².